The number of hydrogen-bond acceptors (Lipinski definition) is 3. The number of nitrogens with zero attached hydrogens (tertiary/aromatic N) is 3. The molecule has 158 valence electrons. The van der Waals surface area contributed by atoms with Crippen molar-refractivity contribution in [1.29, 1.82) is 0 Å². The zero-order chi connectivity index (χ0) is 21.9. The Labute approximate surface area is 187 Å². The normalized spacial score (nSPS) is 15.9. The van der Waals surface area contributed by atoms with Crippen LogP contribution in [0.5, 0.6) is 0 Å². The van der Waals surface area contributed by atoms with Gasteiger partial charge >= 0.3 is 5.69 Å². The molecule has 5 rings (SSSR count). The number of fused-ring (bicyclic) bond motifs is 3. The molecular formula is C24H22BrN3O3. The van der Waals surface area contributed by atoms with E-state index in [0.29, 0.717) is 24.1 Å². The lowest BCUT2D eigenvalue weighted by Crippen LogP contribution is -2.37. The largest absolute Gasteiger partial charge is 0.365 e. The van der Waals surface area contributed by atoms with Crippen LogP contribution in [0.15, 0.2) is 62.6 Å². The Kier molecular flexibility index (Phi) is 4.75. The van der Waals surface area contributed by atoms with Crippen molar-refractivity contribution in [2.45, 2.75) is 19.6 Å². The Morgan fingerprint density at radius 3 is 2.45 bits per heavy atom. The second-order valence-corrected chi connectivity index (χ2v) is 8.76. The topological polar surface area (TPSA) is 58.2 Å². The first-order chi connectivity index (χ1) is 14.9. The van der Waals surface area contributed by atoms with Crippen molar-refractivity contribution in [3.63, 3.8) is 0 Å². The lowest BCUT2D eigenvalue weighted by atomic mass is 9.99. The molecule has 1 aliphatic heterocycles. The van der Waals surface area contributed by atoms with Gasteiger partial charge in [0.2, 0.25) is 0 Å². The number of rotatable bonds is 2. The molecule has 0 unspecified atom stereocenters. The van der Waals surface area contributed by atoms with Gasteiger partial charge in [0.15, 0.2) is 0 Å². The number of benzene rings is 2. The van der Waals surface area contributed by atoms with Gasteiger partial charge in [-0.3, -0.25) is 13.9 Å². The highest BCUT2D eigenvalue weighted by Crippen LogP contribution is 2.42. The van der Waals surface area contributed by atoms with E-state index in [1.807, 2.05) is 42.5 Å². The van der Waals surface area contributed by atoms with Gasteiger partial charge < -0.3 is 9.30 Å². The van der Waals surface area contributed by atoms with Crippen molar-refractivity contribution in [2.75, 3.05) is 6.61 Å². The highest BCUT2D eigenvalue weighted by Gasteiger charge is 2.33. The summed E-state index contributed by atoms with van der Waals surface area (Å²) in [6, 6.07) is 15.9. The van der Waals surface area contributed by atoms with Crippen LogP contribution in [0.3, 0.4) is 0 Å². The Hall–Kier alpha value is -2.90. The van der Waals surface area contributed by atoms with Crippen LogP contribution < -0.4 is 11.2 Å². The molecule has 2 aromatic carbocycles. The molecule has 1 atom stereocenters. The van der Waals surface area contributed by atoms with Crippen molar-refractivity contribution >= 4 is 26.8 Å². The van der Waals surface area contributed by atoms with Gasteiger partial charge in [-0.1, -0.05) is 58.4 Å². The summed E-state index contributed by atoms with van der Waals surface area (Å²) < 4.78 is 12.1. The molecule has 0 saturated heterocycles. The van der Waals surface area contributed by atoms with E-state index in [0.717, 1.165) is 32.6 Å². The van der Waals surface area contributed by atoms with E-state index in [1.54, 1.807) is 11.6 Å². The summed E-state index contributed by atoms with van der Waals surface area (Å²) in [5.74, 6) is 0. The fourth-order valence-electron chi connectivity index (χ4n) is 4.63. The van der Waals surface area contributed by atoms with Crippen LogP contribution in [0.4, 0.5) is 0 Å². The SMILES string of the molecule is Cc1ccccc1[C@H]1OCCn2c(-c3ccccc3Br)c3c(=O)n(C)c(=O)n(C)c3c21. The number of hydrogen-bond donors (Lipinski definition) is 0. The van der Waals surface area contributed by atoms with Gasteiger partial charge in [0, 0.05) is 30.7 Å². The molecule has 0 fully saturated rings. The average Bonchev–Trinajstić information content (AvgIpc) is 3.12. The molecule has 0 N–H and O–H groups in total. The van der Waals surface area contributed by atoms with Crippen LogP contribution in [-0.2, 0) is 25.4 Å². The third kappa shape index (κ3) is 2.87. The summed E-state index contributed by atoms with van der Waals surface area (Å²) in [5, 5.41) is 0.538. The first-order valence-electron chi connectivity index (χ1n) is 10.2. The summed E-state index contributed by atoms with van der Waals surface area (Å²) in [5.41, 5.74) is 4.70. The second-order valence-electron chi connectivity index (χ2n) is 7.90. The van der Waals surface area contributed by atoms with Gasteiger partial charge in [-0.2, -0.15) is 0 Å². The molecule has 0 amide bonds. The summed E-state index contributed by atoms with van der Waals surface area (Å²) >= 11 is 3.66. The van der Waals surface area contributed by atoms with Gasteiger partial charge in [-0.05, 0) is 24.1 Å². The maximum absolute atomic E-state index is 13.4. The van der Waals surface area contributed by atoms with Gasteiger partial charge in [0.05, 0.1) is 28.9 Å². The number of halogens is 1. The second kappa shape index (κ2) is 7.35. The van der Waals surface area contributed by atoms with Crippen LogP contribution >= 0.6 is 15.9 Å². The molecule has 3 heterocycles. The number of aryl methyl sites for hydroxylation is 2. The van der Waals surface area contributed by atoms with Gasteiger partial charge in [-0.25, -0.2) is 4.79 Å². The van der Waals surface area contributed by atoms with Crippen LogP contribution in [0.25, 0.3) is 22.2 Å². The van der Waals surface area contributed by atoms with E-state index in [4.69, 9.17) is 4.74 Å². The van der Waals surface area contributed by atoms with Crippen molar-refractivity contribution < 1.29 is 4.74 Å². The van der Waals surface area contributed by atoms with E-state index in [-0.39, 0.29) is 17.4 Å². The molecule has 0 spiro atoms. The monoisotopic (exact) mass is 479 g/mol. The third-order valence-corrected chi connectivity index (χ3v) is 6.84. The minimum absolute atomic E-state index is 0.297. The molecule has 0 radical (unpaired) electrons. The molecule has 4 aromatic rings. The lowest BCUT2D eigenvalue weighted by Gasteiger charge is -2.28. The predicted octanol–water partition coefficient (Wildman–Crippen LogP) is 3.90. The first-order valence-corrected chi connectivity index (χ1v) is 10.9. The molecule has 7 heteroatoms. The van der Waals surface area contributed by atoms with Crippen molar-refractivity contribution in [3.05, 3.63) is 90.7 Å². The molecule has 31 heavy (non-hydrogen) atoms. The minimum atomic E-state index is -0.369. The summed E-state index contributed by atoms with van der Waals surface area (Å²) in [4.78, 5) is 26.3. The Morgan fingerprint density at radius 1 is 1.00 bits per heavy atom. The van der Waals surface area contributed by atoms with E-state index in [9.17, 15) is 9.59 Å². The Morgan fingerprint density at radius 2 is 1.71 bits per heavy atom. The van der Waals surface area contributed by atoms with Crippen LogP contribution in [0.2, 0.25) is 0 Å². The summed E-state index contributed by atoms with van der Waals surface area (Å²) in [6.45, 7) is 3.16. The standard InChI is InChI=1S/C24H22BrN3O3/c1-14-8-4-5-9-15(14)22-21-20-18(23(29)27(3)24(30)26(20)2)19(28(21)12-13-31-22)16-10-6-7-11-17(16)25/h4-11,22H,12-13H2,1-3H3/t22-/m1/s1. The number of aromatic nitrogens is 3. The van der Waals surface area contributed by atoms with Crippen LogP contribution in [0.1, 0.15) is 22.9 Å². The average molecular weight is 480 g/mol. The van der Waals surface area contributed by atoms with Crippen LogP contribution in [-0.4, -0.2) is 20.3 Å². The zero-order valence-electron chi connectivity index (χ0n) is 17.6. The summed E-state index contributed by atoms with van der Waals surface area (Å²) in [6.07, 6.45) is -0.369. The van der Waals surface area contributed by atoms with E-state index < -0.39 is 0 Å². The third-order valence-electron chi connectivity index (χ3n) is 6.15. The van der Waals surface area contributed by atoms with Crippen molar-refractivity contribution in [2.24, 2.45) is 14.1 Å². The van der Waals surface area contributed by atoms with Crippen molar-refractivity contribution in [1.82, 2.24) is 13.7 Å². The maximum atomic E-state index is 13.4. The Bertz CT molecular complexity index is 1460. The summed E-state index contributed by atoms with van der Waals surface area (Å²) in [7, 11) is 3.25. The van der Waals surface area contributed by atoms with Crippen LogP contribution in [0, 0.1) is 6.92 Å². The fourth-order valence-corrected chi connectivity index (χ4v) is 5.10. The lowest BCUT2D eigenvalue weighted by molar-refractivity contribution is 0.0475. The van der Waals surface area contributed by atoms with E-state index in [2.05, 4.69) is 33.5 Å². The molecule has 6 nitrogen and oxygen atoms in total. The van der Waals surface area contributed by atoms with E-state index in [1.165, 1.54) is 11.6 Å². The fraction of sp³-hybridized carbons (Fsp3) is 0.250. The molecule has 0 aliphatic carbocycles. The Balaban J connectivity index is 1.99. The van der Waals surface area contributed by atoms with Gasteiger partial charge in [-0.15, -0.1) is 0 Å². The quantitative estimate of drug-likeness (QED) is 0.438. The maximum Gasteiger partial charge on any atom is 0.331 e. The zero-order valence-corrected chi connectivity index (χ0v) is 19.1. The first kappa shape index (κ1) is 20.0. The highest BCUT2D eigenvalue weighted by atomic mass is 79.9. The molecular weight excluding hydrogens is 458 g/mol. The molecule has 1 aliphatic rings. The van der Waals surface area contributed by atoms with Gasteiger partial charge in [0.1, 0.15) is 6.10 Å². The number of ether oxygens (including phenoxy) is 1. The molecule has 0 bridgehead atoms. The molecule has 0 saturated carbocycles. The minimum Gasteiger partial charge on any atom is -0.365 e. The van der Waals surface area contributed by atoms with Gasteiger partial charge in [0.25, 0.3) is 5.56 Å². The highest BCUT2D eigenvalue weighted by molar-refractivity contribution is 9.10. The van der Waals surface area contributed by atoms with Crippen molar-refractivity contribution in [3.8, 4) is 11.3 Å². The predicted molar refractivity (Wildman–Crippen MR) is 125 cm³/mol. The molecule has 2 aromatic heterocycles. The van der Waals surface area contributed by atoms with E-state index >= 15 is 0 Å². The smallest absolute Gasteiger partial charge is 0.331 e.